The molecule has 104 valence electrons. The van der Waals surface area contributed by atoms with Crippen LogP contribution in [-0.4, -0.2) is 77.9 Å². The molecule has 1 aliphatic heterocycles. The van der Waals surface area contributed by atoms with Crippen LogP contribution < -0.4 is 5.32 Å². The van der Waals surface area contributed by atoms with Crippen molar-refractivity contribution in [2.75, 3.05) is 33.8 Å². The van der Waals surface area contributed by atoms with E-state index in [0.29, 0.717) is 19.1 Å². The SMILES string of the molecule is CN(C)C1CCN(C(=O)N[C@H](CCO)C(=O)O)C1. The number of carbonyl (C=O) groups is 2. The van der Waals surface area contributed by atoms with Crippen LogP contribution in [0.25, 0.3) is 0 Å². The summed E-state index contributed by atoms with van der Waals surface area (Å²) in [6, 6.07) is -1.09. The molecule has 0 spiro atoms. The summed E-state index contributed by atoms with van der Waals surface area (Å²) in [4.78, 5) is 26.4. The van der Waals surface area contributed by atoms with E-state index in [1.165, 1.54) is 0 Å². The molecule has 1 aliphatic rings. The number of hydrogen-bond acceptors (Lipinski definition) is 4. The number of aliphatic hydroxyl groups excluding tert-OH is 1. The maximum atomic E-state index is 11.9. The van der Waals surface area contributed by atoms with Crippen LogP contribution in [0.3, 0.4) is 0 Å². The third-order valence-corrected chi connectivity index (χ3v) is 3.19. The number of carboxylic acid groups (broad SMARTS) is 1. The Hall–Kier alpha value is -1.34. The molecular formula is C11H21N3O4. The molecule has 0 aliphatic carbocycles. The summed E-state index contributed by atoms with van der Waals surface area (Å²) < 4.78 is 0. The molecule has 2 atom stereocenters. The smallest absolute Gasteiger partial charge is 0.326 e. The molecule has 0 aromatic rings. The van der Waals surface area contributed by atoms with E-state index < -0.39 is 12.0 Å². The summed E-state index contributed by atoms with van der Waals surface area (Å²) in [6.45, 7) is 0.960. The number of nitrogens with zero attached hydrogens (tertiary/aromatic N) is 2. The van der Waals surface area contributed by atoms with E-state index in [-0.39, 0.29) is 19.1 Å². The molecule has 7 nitrogen and oxygen atoms in total. The van der Waals surface area contributed by atoms with E-state index in [9.17, 15) is 9.59 Å². The molecule has 1 heterocycles. The highest BCUT2D eigenvalue weighted by atomic mass is 16.4. The number of amides is 2. The minimum atomic E-state index is -1.12. The van der Waals surface area contributed by atoms with Crippen molar-refractivity contribution >= 4 is 12.0 Å². The summed E-state index contributed by atoms with van der Waals surface area (Å²) in [7, 11) is 3.91. The van der Waals surface area contributed by atoms with Crippen molar-refractivity contribution < 1.29 is 19.8 Å². The lowest BCUT2D eigenvalue weighted by atomic mass is 10.2. The first kappa shape index (κ1) is 14.7. The Morgan fingerprint density at radius 1 is 1.50 bits per heavy atom. The quantitative estimate of drug-likeness (QED) is 0.599. The lowest BCUT2D eigenvalue weighted by Gasteiger charge is -2.22. The third kappa shape index (κ3) is 3.85. The van der Waals surface area contributed by atoms with Gasteiger partial charge in [-0.25, -0.2) is 9.59 Å². The average Bonchev–Trinajstić information content (AvgIpc) is 2.77. The van der Waals surface area contributed by atoms with Crippen molar-refractivity contribution in [3.63, 3.8) is 0 Å². The molecule has 0 bridgehead atoms. The van der Waals surface area contributed by atoms with Gasteiger partial charge in [0.25, 0.3) is 0 Å². The van der Waals surface area contributed by atoms with Crippen LogP contribution in [0.2, 0.25) is 0 Å². The van der Waals surface area contributed by atoms with Crippen molar-refractivity contribution in [3.8, 4) is 0 Å². The van der Waals surface area contributed by atoms with Gasteiger partial charge in [-0.15, -0.1) is 0 Å². The molecule has 1 rings (SSSR count). The van der Waals surface area contributed by atoms with Crippen molar-refractivity contribution in [1.82, 2.24) is 15.1 Å². The zero-order chi connectivity index (χ0) is 13.7. The summed E-state index contributed by atoms with van der Waals surface area (Å²) in [5.41, 5.74) is 0. The standard InChI is InChI=1S/C11H21N3O4/c1-13(2)8-3-5-14(7-8)11(18)12-9(4-6-15)10(16)17/h8-9,15H,3-7H2,1-2H3,(H,12,18)(H,16,17)/t8?,9-/m1/s1. The number of likely N-dealkylation sites (tertiary alicyclic amines) is 1. The van der Waals surface area contributed by atoms with Crippen LogP contribution >= 0.6 is 0 Å². The fourth-order valence-electron chi connectivity index (χ4n) is 1.97. The number of urea groups is 1. The predicted molar refractivity (Wildman–Crippen MR) is 65.3 cm³/mol. The maximum absolute atomic E-state index is 11.9. The van der Waals surface area contributed by atoms with Gasteiger partial charge in [0, 0.05) is 32.2 Å². The highest BCUT2D eigenvalue weighted by Gasteiger charge is 2.29. The molecule has 0 saturated carbocycles. The predicted octanol–water partition coefficient (Wildman–Crippen LogP) is -0.832. The summed E-state index contributed by atoms with van der Waals surface area (Å²) in [6.07, 6.45) is 0.907. The van der Waals surface area contributed by atoms with E-state index in [2.05, 4.69) is 10.2 Å². The van der Waals surface area contributed by atoms with Crippen molar-refractivity contribution in [2.24, 2.45) is 0 Å². The number of carboxylic acids is 1. The molecule has 1 unspecified atom stereocenters. The monoisotopic (exact) mass is 259 g/mol. The molecule has 1 saturated heterocycles. The Balaban J connectivity index is 2.48. The fraction of sp³-hybridized carbons (Fsp3) is 0.818. The first-order valence-electron chi connectivity index (χ1n) is 6.01. The summed E-state index contributed by atoms with van der Waals surface area (Å²) in [5, 5.41) is 20.1. The molecule has 0 aromatic carbocycles. The number of nitrogens with one attached hydrogen (secondary N) is 1. The second-order valence-electron chi connectivity index (χ2n) is 4.70. The topological polar surface area (TPSA) is 93.1 Å². The van der Waals surface area contributed by atoms with Crippen LogP contribution in [0.5, 0.6) is 0 Å². The Morgan fingerprint density at radius 3 is 2.61 bits per heavy atom. The van der Waals surface area contributed by atoms with Gasteiger partial charge in [0.2, 0.25) is 0 Å². The van der Waals surface area contributed by atoms with E-state index >= 15 is 0 Å². The Morgan fingerprint density at radius 2 is 2.17 bits per heavy atom. The van der Waals surface area contributed by atoms with Gasteiger partial charge < -0.3 is 25.3 Å². The second-order valence-corrected chi connectivity index (χ2v) is 4.70. The van der Waals surface area contributed by atoms with E-state index in [1.54, 1.807) is 4.90 Å². The normalized spacial score (nSPS) is 21.1. The van der Waals surface area contributed by atoms with Crippen LogP contribution in [0.4, 0.5) is 4.79 Å². The summed E-state index contributed by atoms with van der Waals surface area (Å²) >= 11 is 0. The van der Waals surface area contributed by atoms with Gasteiger partial charge in [0.1, 0.15) is 6.04 Å². The summed E-state index contributed by atoms with van der Waals surface area (Å²) in [5.74, 6) is -1.12. The first-order chi connectivity index (χ1) is 8.45. The van der Waals surface area contributed by atoms with Crippen molar-refractivity contribution in [1.29, 1.82) is 0 Å². The number of aliphatic hydroxyl groups is 1. The van der Waals surface area contributed by atoms with Gasteiger partial charge >= 0.3 is 12.0 Å². The van der Waals surface area contributed by atoms with Crippen molar-refractivity contribution in [2.45, 2.75) is 24.9 Å². The van der Waals surface area contributed by atoms with Crippen molar-refractivity contribution in [3.05, 3.63) is 0 Å². The third-order valence-electron chi connectivity index (χ3n) is 3.19. The van der Waals surface area contributed by atoms with Crippen LogP contribution in [0.15, 0.2) is 0 Å². The van der Waals surface area contributed by atoms with E-state index in [1.807, 2.05) is 14.1 Å². The Bertz CT molecular complexity index is 309. The van der Waals surface area contributed by atoms with Crippen LogP contribution in [-0.2, 0) is 4.79 Å². The lowest BCUT2D eigenvalue weighted by Crippen LogP contribution is -2.48. The molecule has 2 amide bonds. The zero-order valence-corrected chi connectivity index (χ0v) is 10.8. The zero-order valence-electron chi connectivity index (χ0n) is 10.8. The fourth-order valence-corrected chi connectivity index (χ4v) is 1.97. The first-order valence-corrected chi connectivity index (χ1v) is 6.01. The highest BCUT2D eigenvalue weighted by molar-refractivity contribution is 5.82. The van der Waals surface area contributed by atoms with Gasteiger partial charge in [-0.05, 0) is 20.5 Å². The lowest BCUT2D eigenvalue weighted by molar-refractivity contribution is -0.139. The minimum absolute atomic E-state index is 0.0199. The minimum Gasteiger partial charge on any atom is -0.480 e. The van der Waals surface area contributed by atoms with Gasteiger partial charge in [-0.1, -0.05) is 0 Å². The maximum Gasteiger partial charge on any atom is 0.326 e. The van der Waals surface area contributed by atoms with Gasteiger partial charge in [-0.3, -0.25) is 0 Å². The number of hydrogen-bond donors (Lipinski definition) is 3. The Labute approximate surface area is 106 Å². The Kier molecular flexibility index (Phi) is 5.36. The largest absolute Gasteiger partial charge is 0.480 e. The molecule has 7 heteroatoms. The van der Waals surface area contributed by atoms with Crippen LogP contribution in [0.1, 0.15) is 12.8 Å². The highest BCUT2D eigenvalue weighted by Crippen LogP contribution is 2.13. The number of carbonyl (C=O) groups excluding carboxylic acids is 1. The molecular weight excluding hydrogens is 238 g/mol. The number of rotatable bonds is 5. The number of likely N-dealkylation sites (N-methyl/N-ethyl adjacent to an activating group) is 1. The molecule has 0 radical (unpaired) electrons. The second kappa shape index (κ2) is 6.55. The van der Waals surface area contributed by atoms with Gasteiger partial charge in [0.15, 0.2) is 0 Å². The van der Waals surface area contributed by atoms with E-state index in [4.69, 9.17) is 10.2 Å². The average molecular weight is 259 g/mol. The molecule has 0 aromatic heterocycles. The number of aliphatic carboxylic acids is 1. The van der Waals surface area contributed by atoms with Gasteiger partial charge in [0.05, 0.1) is 0 Å². The van der Waals surface area contributed by atoms with Gasteiger partial charge in [-0.2, -0.15) is 0 Å². The molecule has 3 N–H and O–H groups in total. The van der Waals surface area contributed by atoms with Crippen LogP contribution in [0, 0.1) is 0 Å². The molecule has 1 fully saturated rings. The molecule has 18 heavy (non-hydrogen) atoms. The van der Waals surface area contributed by atoms with E-state index in [0.717, 1.165) is 6.42 Å².